The Balaban J connectivity index is 1.27. The van der Waals surface area contributed by atoms with Crippen LogP contribution in [0.3, 0.4) is 0 Å². The molecule has 8 heteroatoms. The van der Waals surface area contributed by atoms with E-state index in [9.17, 15) is 0 Å². The largest absolute Gasteiger partial charge is 0.368 e. The molecular weight excluding hydrogens is 396 g/mol. The van der Waals surface area contributed by atoms with Gasteiger partial charge in [0.15, 0.2) is 5.13 Å². The first-order valence-corrected chi connectivity index (χ1v) is 11.0. The quantitative estimate of drug-likeness (QED) is 0.509. The Morgan fingerprint density at radius 3 is 2.40 bits per heavy atom. The molecule has 0 saturated carbocycles. The van der Waals surface area contributed by atoms with Crippen LogP contribution in [-0.4, -0.2) is 58.4 Å². The number of para-hydroxylation sites is 1. The zero-order valence-electron chi connectivity index (χ0n) is 16.7. The summed E-state index contributed by atoms with van der Waals surface area (Å²) >= 11 is 1.77. The normalized spacial score (nSPS) is 21.4. The molecule has 0 aliphatic carbocycles. The predicted molar refractivity (Wildman–Crippen MR) is 119 cm³/mol. The first-order chi connectivity index (χ1) is 14.7. The van der Waals surface area contributed by atoms with Crippen molar-refractivity contribution in [1.29, 1.82) is 0 Å². The molecule has 0 N–H and O–H groups in total. The van der Waals surface area contributed by atoms with Crippen LogP contribution in [0.4, 0.5) is 10.8 Å². The fourth-order valence-corrected chi connectivity index (χ4v) is 5.42. The number of benzene rings is 2. The van der Waals surface area contributed by atoms with Gasteiger partial charge in [0.05, 0.1) is 40.5 Å². The summed E-state index contributed by atoms with van der Waals surface area (Å²) in [4.78, 5) is 11.4. The van der Waals surface area contributed by atoms with Gasteiger partial charge in [0.25, 0.3) is 0 Å². The topological polar surface area (TPSA) is 59.3 Å². The summed E-state index contributed by atoms with van der Waals surface area (Å²) in [5.74, 6) is 0. The van der Waals surface area contributed by atoms with Crippen molar-refractivity contribution in [2.24, 2.45) is 0 Å². The number of morpholine rings is 2. The maximum atomic E-state index is 6.32. The van der Waals surface area contributed by atoms with Gasteiger partial charge in [0.2, 0.25) is 0 Å². The third kappa shape index (κ3) is 3.12. The summed E-state index contributed by atoms with van der Waals surface area (Å²) < 4.78 is 7.55. The van der Waals surface area contributed by atoms with E-state index in [1.165, 1.54) is 10.3 Å². The Labute approximate surface area is 178 Å². The lowest BCUT2D eigenvalue weighted by Crippen LogP contribution is -2.60. The Hall–Kier alpha value is -2.97. The number of hydrogen-bond acceptors (Lipinski definition) is 7. The van der Waals surface area contributed by atoms with Gasteiger partial charge in [-0.2, -0.15) is 10.2 Å². The van der Waals surface area contributed by atoms with Crippen LogP contribution in [0.5, 0.6) is 0 Å². The number of fused-ring (bicyclic) bond motifs is 3. The van der Waals surface area contributed by atoms with Crippen molar-refractivity contribution >= 4 is 32.4 Å². The van der Waals surface area contributed by atoms with Crippen LogP contribution in [0, 0.1) is 6.92 Å². The average molecular weight is 419 g/mol. The van der Waals surface area contributed by atoms with E-state index in [1.54, 1.807) is 28.5 Å². The Morgan fingerprint density at radius 2 is 1.63 bits per heavy atom. The summed E-state index contributed by atoms with van der Waals surface area (Å²) in [6, 6.07) is 14.8. The minimum Gasteiger partial charge on any atom is -0.368 e. The van der Waals surface area contributed by atoms with Crippen LogP contribution in [0.15, 0.2) is 54.9 Å². The molecule has 0 radical (unpaired) electrons. The maximum Gasteiger partial charge on any atom is 0.186 e. The van der Waals surface area contributed by atoms with E-state index in [1.807, 2.05) is 6.07 Å². The number of aryl methyl sites for hydroxylation is 1. The monoisotopic (exact) mass is 418 g/mol. The molecule has 4 aromatic rings. The molecule has 2 atom stereocenters. The van der Waals surface area contributed by atoms with Gasteiger partial charge < -0.3 is 14.5 Å². The Morgan fingerprint density at radius 1 is 0.900 bits per heavy atom. The number of hydrogen-bond donors (Lipinski definition) is 0. The van der Waals surface area contributed by atoms with Gasteiger partial charge in [-0.3, -0.25) is 0 Å². The molecule has 152 valence electrons. The second kappa shape index (κ2) is 7.07. The molecule has 2 saturated heterocycles. The van der Waals surface area contributed by atoms with E-state index in [0.717, 1.165) is 48.2 Å². The lowest BCUT2D eigenvalue weighted by Gasteiger charge is -2.46. The van der Waals surface area contributed by atoms with E-state index >= 15 is 0 Å². The first-order valence-electron chi connectivity index (χ1n) is 10.2. The average Bonchev–Trinajstić information content (AvgIpc) is 3.43. The van der Waals surface area contributed by atoms with Crippen LogP contribution < -0.4 is 9.80 Å². The van der Waals surface area contributed by atoms with E-state index in [2.05, 4.69) is 63.3 Å². The van der Waals surface area contributed by atoms with Crippen molar-refractivity contribution in [1.82, 2.24) is 20.0 Å². The summed E-state index contributed by atoms with van der Waals surface area (Å²) in [7, 11) is 0. The van der Waals surface area contributed by atoms with Gasteiger partial charge in [0, 0.05) is 26.2 Å². The fraction of sp³-hybridized carbons (Fsp3) is 0.318. The molecule has 2 unspecified atom stereocenters. The van der Waals surface area contributed by atoms with Crippen LogP contribution in [0.25, 0.3) is 15.9 Å². The number of anilines is 2. The lowest BCUT2D eigenvalue weighted by molar-refractivity contribution is -0.0379. The summed E-state index contributed by atoms with van der Waals surface area (Å²) in [5, 5.41) is 9.79. The molecule has 2 aromatic heterocycles. The molecule has 2 aromatic carbocycles. The minimum absolute atomic E-state index is 0.142. The van der Waals surface area contributed by atoms with E-state index in [0.29, 0.717) is 0 Å². The van der Waals surface area contributed by atoms with Crippen molar-refractivity contribution in [3.8, 4) is 5.69 Å². The fourth-order valence-electron chi connectivity index (χ4n) is 4.44. The zero-order valence-corrected chi connectivity index (χ0v) is 17.5. The number of rotatable bonds is 3. The van der Waals surface area contributed by atoms with E-state index in [4.69, 9.17) is 9.72 Å². The van der Waals surface area contributed by atoms with E-state index in [-0.39, 0.29) is 12.2 Å². The maximum absolute atomic E-state index is 6.32. The second-order valence-electron chi connectivity index (χ2n) is 7.96. The first kappa shape index (κ1) is 17.9. The van der Waals surface area contributed by atoms with Crippen LogP contribution in [-0.2, 0) is 4.74 Å². The van der Waals surface area contributed by atoms with Crippen molar-refractivity contribution in [3.63, 3.8) is 0 Å². The van der Waals surface area contributed by atoms with Gasteiger partial charge in [0.1, 0.15) is 5.69 Å². The standard InChI is InChI=1S/C22H22N6OS/c1-15-6-7-19(28-23-8-9-24-28)20(10-15)26-11-16-13-27(14-17(12-26)29-16)22-25-18-4-2-3-5-21(18)30-22/h2-10,16-17H,11-14H2,1H3. The molecule has 30 heavy (non-hydrogen) atoms. The van der Waals surface area contributed by atoms with Crippen LogP contribution in [0.1, 0.15) is 5.56 Å². The van der Waals surface area contributed by atoms with Gasteiger partial charge in [-0.1, -0.05) is 29.5 Å². The van der Waals surface area contributed by atoms with Crippen molar-refractivity contribution in [2.75, 3.05) is 36.0 Å². The van der Waals surface area contributed by atoms with Crippen molar-refractivity contribution in [2.45, 2.75) is 19.1 Å². The molecule has 2 fully saturated rings. The van der Waals surface area contributed by atoms with Crippen molar-refractivity contribution < 1.29 is 4.74 Å². The summed E-state index contributed by atoms with van der Waals surface area (Å²) in [6.07, 6.45) is 3.72. The Kier molecular flexibility index (Phi) is 4.21. The number of aromatic nitrogens is 4. The highest BCUT2D eigenvalue weighted by Gasteiger charge is 2.36. The predicted octanol–water partition coefficient (Wildman–Crippen LogP) is 3.28. The molecule has 0 spiro atoms. The molecule has 2 aliphatic heterocycles. The number of nitrogens with zero attached hydrogens (tertiary/aromatic N) is 6. The molecule has 2 bridgehead atoms. The minimum atomic E-state index is 0.142. The highest BCUT2D eigenvalue weighted by Crippen LogP contribution is 2.34. The second-order valence-corrected chi connectivity index (χ2v) is 8.97. The highest BCUT2D eigenvalue weighted by atomic mass is 32.1. The third-order valence-electron chi connectivity index (χ3n) is 5.74. The molecule has 0 amide bonds. The third-order valence-corrected chi connectivity index (χ3v) is 6.84. The van der Waals surface area contributed by atoms with Gasteiger partial charge in [-0.25, -0.2) is 4.98 Å². The van der Waals surface area contributed by atoms with Crippen molar-refractivity contribution in [3.05, 3.63) is 60.4 Å². The smallest absolute Gasteiger partial charge is 0.186 e. The zero-order chi connectivity index (χ0) is 20.1. The van der Waals surface area contributed by atoms with Gasteiger partial charge >= 0.3 is 0 Å². The van der Waals surface area contributed by atoms with Crippen LogP contribution in [0.2, 0.25) is 0 Å². The van der Waals surface area contributed by atoms with Gasteiger partial charge in [-0.05, 0) is 36.8 Å². The molecular formula is C22H22N6OS. The Bertz CT molecular complexity index is 1140. The molecule has 6 rings (SSSR count). The summed E-state index contributed by atoms with van der Waals surface area (Å²) in [5.41, 5.74) is 4.48. The highest BCUT2D eigenvalue weighted by molar-refractivity contribution is 7.22. The molecule has 2 aliphatic rings. The van der Waals surface area contributed by atoms with Crippen LogP contribution >= 0.6 is 11.3 Å². The number of ether oxygens (including phenoxy) is 1. The summed E-state index contributed by atoms with van der Waals surface area (Å²) in [6.45, 7) is 5.52. The SMILES string of the molecule is Cc1ccc(-n2nccn2)c(N2CC3CN(c4nc5ccccc5s4)CC(C2)O3)c1. The molecule has 4 heterocycles. The number of thiazole rings is 1. The van der Waals surface area contributed by atoms with Gasteiger partial charge in [-0.15, -0.1) is 4.80 Å². The molecule has 7 nitrogen and oxygen atoms in total. The van der Waals surface area contributed by atoms with E-state index < -0.39 is 0 Å². The lowest BCUT2D eigenvalue weighted by atomic mass is 10.1.